The molecule has 0 aliphatic heterocycles. The lowest BCUT2D eigenvalue weighted by Gasteiger charge is -2.07. The zero-order valence-electron chi connectivity index (χ0n) is 12.5. The molecule has 0 atom stereocenters. The van der Waals surface area contributed by atoms with Crippen LogP contribution in [0.25, 0.3) is 0 Å². The third kappa shape index (κ3) is 6.08. The summed E-state index contributed by atoms with van der Waals surface area (Å²) in [5.41, 5.74) is 0.656. The van der Waals surface area contributed by atoms with Gasteiger partial charge in [-0.2, -0.15) is 0 Å². The van der Waals surface area contributed by atoms with Crippen LogP contribution in [0.5, 0.6) is 0 Å². The predicted molar refractivity (Wildman–Crippen MR) is 80.6 cm³/mol. The fraction of sp³-hybridized carbons (Fsp3) is 0.538. The van der Waals surface area contributed by atoms with Crippen molar-refractivity contribution in [2.45, 2.75) is 26.8 Å². The zero-order chi connectivity index (χ0) is 16.5. The van der Waals surface area contributed by atoms with E-state index in [-0.39, 0.29) is 23.9 Å². The molecule has 0 bridgehead atoms. The van der Waals surface area contributed by atoms with Gasteiger partial charge in [-0.05, 0) is 13.3 Å². The number of carbonyl (C=O) groups excluding carboxylic acids is 3. The van der Waals surface area contributed by atoms with Crippen molar-refractivity contribution >= 4 is 29.1 Å². The summed E-state index contributed by atoms with van der Waals surface area (Å²) in [5, 5.41) is 6.57. The number of hydrogen-bond donors (Lipinski definition) is 2. The van der Waals surface area contributed by atoms with Crippen LogP contribution in [0.4, 0.5) is 0 Å². The van der Waals surface area contributed by atoms with Crippen molar-refractivity contribution in [1.29, 1.82) is 0 Å². The Hall–Kier alpha value is -2.16. The summed E-state index contributed by atoms with van der Waals surface area (Å²) in [4.78, 5) is 45.4. The van der Waals surface area contributed by atoms with E-state index in [0.717, 1.165) is 17.8 Å². The zero-order valence-corrected chi connectivity index (χ0v) is 13.3. The Morgan fingerprint density at radius 1 is 1.27 bits per heavy atom. The van der Waals surface area contributed by atoms with Gasteiger partial charge in [-0.15, -0.1) is 0 Å². The molecule has 122 valence electrons. The molecular weight excluding hydrogens is 310 g/mol. The maximum absolute atomic E-state index is 11.6. The summed E-state index contributed by atoms with van der Waals surface area (Å²) < 4.78 is 6.03. The molecule has 0 aliphatic carbocycles. The van der Waals surface area contributed by atoms with Crippen LogP contribution in [-0.2, 0) is 25.7 Å². The van der Waals surface area contributed by atoms with E-state index in [1.165, 1.54) is 4.57 Å². The van der Waals surface area contributed by atoms with Gasteiger partial charge < -0.3 is 15.4 Å². The maximum atomic E-state index is 11.6. The highest BCUT2D eigenvalue weighted by molar-refractivity contribution is 7.07. The van der Waals surface area contributed by atoms with E-state index in [1.807, 2.05) is 6.92 Å². The molecule has 0 aromatic carbocycles. The highest BCUT2D eigenvalue weighted by atomic mass is 32.1. The normalized spacial score (nSPS) is 10.1. The summed E-state index contributed by atoms with van der Waals surface area (Å²) in [6, 6.07) is 0. The molecule has 0 unspecified atom stereocenters. The van der Waals surface area contributed by atoms with Gasteiger partial charge in [0.2, 0.25) is 5.91 Å². The van der Waals surface area contributed by atoms with Crippen molar-refractivity contribution < 1.29 is 19.1 Å². The van der Waals surface area contributed by atoms with Gasteiger partial charge in [-0.1, -0.05) is 18.3 Å². The number of amides is 2. The van der Waals surface area contributed by atoms with E-state index in [4.69, 9.17) is 4.74 Å². The van der Waals surface area contributed by atoms with Gasteiger partial charge >= 0.3 is 10.8 Å². The van der Waals surface area contributed by atoms with E-state index in [0.29, 0.717) is 12.2 Å². The molecule has 0 aliphatic rings. The quantitative estimate of drug-likeness (QED) is 0.620. The lowest BCUT2D eigenvalue weighted by atomic mass is 10.4. The van der Waals surface area contributed by atoms with Crippen LogP contribution >= 0.6 is 11.3 Å². The number of nitrogens with zero attached hydrogens (tertiary/aromatic N) is 1. The molecule has 9 heteroatoms. The SMILES string of the molecule is CCCNC(=O)CNC(=O)COC(=O)Cn1c(C)csc1=O. The second kappa shape index (κ2) is 8.98. The highest BCUT2D eigenvalue weighted by Crippen LogP contribution is 1.99. The van der Waals surface area contributed by atoms with Crippen LogP contribution in [0.15, 0.2) is 10.2 Å². The first-order valence-electron chi connectivity index (χ1n) is 6.78. The Labute approximate surface area is 131 Å². The number of thiazole rings is 1. The minimum atomic E-state index is -0.686. The van der Waals surface area contributed by atoms with Gasteiger partial charge in [-0.3, -0.25) is 23.7 Å². The van der Waals surface area contributed by atoms with Crippen molar-refractivity contribution in [3.8, 4) is 0 Å². The number of nitrogens with one attached hydrogen (secondary N) is 2. The van der Waals surface area contributed by atoms with Gasteiger partial charge in [-0.25, -0.2) is 0 Å². The molecule has 1 aromatic heterocycles. The molecule has 0 spiro atoms. The average molecular weight is 329 g/mol. The van der Waals surface area contributed by atoms with E-state index < -0.39 is 18.5 Å². The topological polar surface area (TPSA) is 106 Å². The second-order valence-electron chi connectivity index (χ2n) is 4.52. The average Bonchev–Trinajstić information content (AvgIpc) is 2.80. The molecule has 8 nitrogen and oxygen atoms in total. The molecule has 22 heavy (non-hydrogen) atoms. The predicted octanol–water partition coefficient (Wildman–Crippen LogP) is -0.596. The van der Waals surface area contributed by atoms with Crippen LogP contribution in [0.3, 0.4) is 0 Å². The van der Waals surface area contributed by atoms with Crippen LogP contribution in [-0.4, -0.2) is 42.0 Å². The summed E-state index contributed by atoms with van der Waals surface area (Å²) >= 11 is 0.991. The first-order valence-corrected chi connectivity index (χ1v) is 7.66. The number of carbonyl (C=O) groups is 3. The highest BCUT2D eigenvalue weighted by Gasteiger charge is 2.12. The lowest BCUT2D eigenvalue weighted by molar-refractivity contribution is -0.149. The van der Waals surface area contributed by atoms with E-state index >= 15 is 0 Å². The third-order valence-corrected chi connectivity index (χ3v) is 3.53. The van der Waals surface area contributed by atoms with Crippen molar-refractivity contribution in [1.82, 2.24) is 15.2 Å². The monoisotopic (exact) mass is 329 g/mol. The fourth-order valence-corrected chi connectivity index (χ4v) is 2.21. The van der Waals surface area contributed by atoms with Crippen LogP contribution in [0, 0.1) is 6.92 Å². The number of aromatic nitrogens is 1. The first-order chi connectivity index (χ1) is 10.4. The Morgan fingerprint density at radius 2 is 2.00 bits per heavy atom. The minimum absolute atomic E-state index is 0.167. The van der Waals surface area contributed by atoms with Gasteiger partial charge in [0.25, 0.3) is 5.91 Å². The molecule has 1 aromatic rings. The molecule has 2 N–H and O–H groups in total. The standard InChI is InChI=1S/C13H19N3O5S/c1-3-4-14-10(17)5-15-11(18)7-21-12(19)6-16-9(2)8-22-13(16)20/h8H,3-7H2,1-2H3,(H,14,17)(H,15,18). The molecule has 1 rings (SSSR count). The van der Waals surface area contributed by atoms with Gasteiger partial charge in [0, 0.05) is 17.6 Å². The molecule has 0 fully saturated rings. The Kier molecular flexibility index (Phi) is 7.30. The molecule has 0 saturated heterocycles. The smallest absolute Gasteiger partial charge is 0.326 e. The van der Waals surface area contributed by atoms with Crippen LogP contribution in [0.2, 0.25) is 0 Å². The largest absolute Gasteiger partial charge is 0.454 e. The molecular formula is C13H19N3O5S. The van der Waals surface area contributed by atoms with E-state index in [9.17, 15) is 19.2 Å². The number of hydrogen-bond acceptors (Lipinski definition) is 6. The third-order valence-electron chi connectivity index (χ3n) is 2.65. The number of rotatable bonds is 8. The fourth-order valence-electron chi connectivity index (χ4n) is 1.47. The number of esters is 1. The van der Waals surface area contributed by atoms with Crippen molar-refractivity contribution in [3.63, 3.8) is 0 Å². The Morgan fingerprint density at radius 3 is 2.59 bits per heavy atom. The molecule has 0 saturated carbocycles. The van der Waals surface area contributed by atoms with Crippen molar-refractivity contribution in [2.24, 2.45) is 0 Å². The Balaban J connectivity index is 2.28. The van der Waals surface area contributed by atoms with E-state index in [1.54, 1.807) is 12.3 Å². The molecule has 0 radical (unpaired) electrons. The summed E-state index contributed by atoms with van der Waals surface area (Å²) in [6.45, 7) is 3.26. The minimum Gasteiger partial charge on any atom is -0.454 e. The number of ether oxygens (including phenoxy) is 1. The number of aryl methyl sites for hydroxylation is 1. The summed E-state index contributed by atoms with van der Waals surface area (Å²) in [6.07, 6.45) is 0.804. The lowest BCUT2D eigenvalue weighted by Crippen LogP contribution is -2.39. The second-order valence-corrected chi connectivity index (χ2v) is 5.34. The summed E-state index contributed by atoms with van der Waals surface area (Å²) in [7, 11) is 0. The van der Waals surface area contributed by atoms with Gasteiger partial charge in [0.1, 0.15) is 6.54 Å². The van der Waals surface area contributed by atoms with Crippen LogP contribution in [0.1, 0.15) is 19.0 Å². The van der Waals surface area contributed by atoms with Gasteiger partial charge in [0.05, 0.1) is 6.54 Å². The van der Waals surface area contributed by atoms with Gasteiger partial charge in [0.15, 0.2) is 6.61 Å². The van der Waals surface area contributed by atoms with Crippen molar-refractivity contribution in [3.05, 3.63) is 20.7 Å². The van der Waals surface area contributed by atoms with Crippen LogP contribution < -0.4 is 15.5 Å². The first kappa shape index (κ1) is 17.9. The van der Waals surface area contributed by atoms with E-state index in [2.05, 4.69) is 10.6 Å². The Bertz CT molecular complexity index is 593. The molecule has 2 amide bonds. The summed E-state index contributed by atoms with van der Waals surface area (Å²) in [5.74, 6) is -1.56. The molecule has 1 heterocycles. The van der Waals surface area contributed by atoms with Crippen molar-refractivity contribution in [2.75, 3.05) is 19.7 Å². The maximum Gasteiger partial charge on any atom is 0.326 e.